The van der Waals surface area contributed by atoms with E-state index in [9.17, 15) is 14.4 Å². The van der Waals surface area contributed by atoms with Crippen LogP contribution in [0.1, 0.15) is 6.42 Å². The largest absolute Gasteiger partial charge is 0.480 e. The monoisotopic (exact) mass is 285 g/mol. The molecule has 0 unspecified atom stereocenters. The highest BCUT2D eigenvalue weighted by atomic mass is 32.2. The number of amides is 1. The van der Waals surface area contributed by atoms with Crippen LogP contribution in [0.15, 0.2) is 23.3 Å². The Hall–Kier alpha value is -1.83. The first kappa shape index (κ1) is 15.2. The first-order valence-electron chi connectivity index (χ1n) is 5.57. The molecular formula is C11H15N3O4S. The molecule has 0 spiro atoms. The number of nitrogens with zero attached hydrogens (tertiary/aromatic N) is 2. The Kier molecular flexibility index (Phi) is 6.07. The number of hydrogen-bond acceptors (Lipinski definition) is 5. The van der Waals surface area contributed by atoms with Gasteiger partial charge in [-0.2, -0.15) is 11.8 Å². The van der Waals surface area contributed by atoms with Crippen LogP contribution in [0.2, 0.25) is 0 Å². The fourth-order valence-corrected chi connectivity index (χ4v) is 1.87. The van der Waals surface area contributed by atoms with Crippen LogP contribution in [-0.4, -0.2) is 44.6 Å². The number of carbonyl (C=O) groups excluding carboxylic acids is 1. The standard InChI is InChI=1S/C11H15N3O4S/c1-19-6-3-8(10(16)17)13-9(15)7-14-5-2-4-12-11(14)18/h2,4-5,8H,3,6-7H2,1H3,(H,13,15)(H,16,17)/t8-/m0/s1. The van der Waals surface area contributed by atoms with Crippen molar-refractivity contribution in [3.63, 3.8) is 0 Å². The highest BCUT2D eigenvalue weighted by molar-refractivity contribution is 7.98. The Labute approximate surface area is 114 Å². The van der Waals surface area contributed by atoms with E-state index in [-0.39, 0.29) is 6.54 Å². The number of hydrogen-bond donors (Lipinski definition) is 2. The summed E-state index contributed by atoms with van der Waals surface area (Å²) in [6.45, 7) is -0.240. The lowest BCUT2D eigenvalue weighted by atomic mass is 10.2. The van der Waals surface area contributed by atoms with E-state index in [0.29, 0.717) is 12.2 Å². The summed E-state index contributed by atoms with van der Waals surface area (Å²) >= 11 is 1.50. The Bertz CT molecular complexity index is 503. The molecule has 0 aromatic carbocycles. The minimum atomic E-state index is -1.08. The molecule has 8 heteroatoms. The molecule has 2 N–H and O–H groups in total. The number of aromatic nitrogens is 2. The molecule has 104 valence electrons. The molecule has 0 radical (unpaired) electrons. The molecule has 1 rings (SSSR count). The van der Waals surface area contributed by atoms with Gasteiger partial charge in [0.05, 0.1) is 0 Å². The van der Waals surface area contributed by atoms with Crippen molar-refractivity contribution in [1.29, 1.82) is 0 Å². The molecule has 0 aliphatic heterocycles. The van der Waals surface area contributed by atoms with E-state index < -0.39 is 23.6 Å². The lowest BCUT2D eigenvalue weighted by Crippen LogP contribution is -2.43. The summed E-state index contributed by atoms with van der Waals surface area (Å²) in [7, 11) is 0. The zero-order valence-corrected chi connectivity index (χ0v) is 11.2. The predicted octanol–water partition coefficient (Wildman–Crippen LogP) is -0.434. The second kappa shape index (κ2) is 7.57. The summed E-state index contributed by atoms with van der Waals surface area (Å²) in [6.07, 6.45) is 4.95. The van der Waals surface area contributed by atoms with Gasteiger partial charge >= 0.3 is 11.7 Å². The van der Waals surface area contributed by atoms with E-state index in [1.165, 1.54) is 30.2 Å². The fraction of sp³-hybridized carbons (Fsp3) is 0.455. The number of carboxylic acid groups (broad SMARTS) is 1. The normalized spacial score (nSPS) is 11.8. The fourth-order valence-electron chi connectivity index (χ4n) is 1.40. The van der Waals surface area contributed by atoms with E-state index >= 15 is 0 Å². The quantitative estimate of drug-likeness (QED) is 0.704. The van der Waals surface area contributed by atoms with Crippen molar-refractivity contribution in [2.45, 2.75) is 19.0 Å². The molecule has 19 heavy (non-hydrogen) atoms. The third-order valence-electron chi connectivity index (χ3n) is 2.34. The van der Waals surface area contributed by atoms with Crippen LogP contribution < -0.4 is 11.0 Å². The van der Waals surface area contributed by atoms with Gasteiger partial charge in [-0.3, -0.25) is 9.36 Å². The zero-order valence-electron chi connectivity index (χ0n) is 10.4. The van der Waals surface area contributed by atoms with E-state index in [4.69, 9.17) is 5.11 Å². The summed E-state index contributed by atoms with van der Waals surface area (Å²) in [5, 5.41) is 11.4. The van der Waals surface area contributed by atoms with Crippen molar-refractivity contribution in [3.05, 3.63) is 28.9 Å². The lowest BCUT2D eigenvalue weighted by molar-refractivity contribution is -0.141. The van der Waals surface area contributed by atoms with E-state index in [0.717, 1.165) is 4.57 Å². The molecule has 0 aliphatic rings. The topological polar surface area (TPSA) is 101 Å². The van der Waals surface area contributed by atoms with Crippen LogP contribution >= 0.6 is 11.8 Å². The van der Waals surface area contributed by atoms with Crippen LogP contribution in [-0.2, 0) is 16.1 Å². The van der Waals surface area contributed by atoms with Gasteiger partial charge in [0.25, 0.3) is 0 Å². The molecule has 1 atom stereocenters. The Morgan fingerprint density at radius 2 is 2.32 bits per heavy atom. The SMILES string of the molecule is CSCC[C@H](NC(=O)Cn1cccnc1=O)C(=O)O. The van der Waals surface area contributed by atoms with Crippen molar-refractivity contribution < 1.29 is 14.7 Å². The molecule has 0 saturated carbocycles. The van der Waals surface area contributed by atoms with Crippen molar-refractivity contribution >= 4 is 23.6 Å². The van der Waals surface area contributed by atoms with E-state index in [2.05, 4.69) is 10.3 Å². The van der Waals surface area contributed by atoms with Gasteiger partial charge in [-0.15, -0.1) is 0 Å². The third kappa shape index (κ3) is 5.12. The predicted molar refractivity (Wildman–Crippen MR) is 71.1 cm³/mol. The summed E-state index contributed by atoms with van der Waals surface area (Å²) in [5.41, 5.74) is -0.548. The molecule has 0 bridgehead atoms. The van der Waals surface area contributed by atoms with Crippen LogP contribution in [0.25, 0.3) is 0 Å². The number of carbonyl (C=O) groups is 2. The average Bonchev–Trinajstić information content (AvgIpc) is 2.37. The molecule has 0 fully saturated rings. The van der Waals surface area contributed by atoms with Crippen LogP contribution in [0.5, 0.6) is 0 Å². The first-order valence-corrected chi connectivity index (χ1v) is 6.96. The first-order chi connectivity index (χ1) is 9.04. The Morgan fingerprint density at radius 1 is 1.58 bits per heavy atom. The molecule has 1 heterocycles. The molecule has 0 saturated heterocycles. The second-order valence-corrected chi connectivity index (χ2v) is 4.76. The maximum atomic E-state index is 11.7. The van der Waals surface area contributed by atoms with Gasteiger partial charge in [-0.25, -0.2) is 14.6 Å². The molecule has 1 aromatic heterocycles. The summed E-state index contributed by atoms with van der Waals surface area (Å²) in [4.78, 5) is 37.4. The van der Waals surface area contributed by atoms with Crippen LogP contribution in [0, 0.1) is 0 Å². The highest BCUT2D eigenvalue weighted by Gasteiger charge is 2.19. The van der Waals surface area contributed by atoms with Gasteiger partial charge in [0, 0.05) is 12.4 Å². The molecule has 1 aromatic rings. The minimum absolute atomic E-state index is 0.240. The van der Waals surface area contributed by atoms with Crippen molar-refractivity contribution in [2.24, 2.45) is 0 Å². The summed E-state index contributed by atoms with van der Waals surface area (Å²) in [6, 6.07) is 0.587. The summed E-state index contributed by atoms with van der Waals surface area (Å²) < 4.78 is 1.11. The van der Waals surface area contributed by atoms with Crippen LogP contribution in [0.4, 0.5) is 0 Å². The van der Waals surface area contributed by atoms with Gasteiger partial charge in [0.1, 0.15) is 12.6 Å². The number of rotatable bonds is 7. The highest BCUT2D eigenvalue weighted by Crippen LogP contribution is 2.01. The van der Waals surface area contributed by atoms with E-state index in [1.54, 1.807) is 0 Å². The van der Waals surface area contributed by atoms with Crippen molar-refractivity contribution in [1.82, 2.24) is 14.9 Å². The van der Waals surface area contributed by atoms with Gasteiger partial charge in [0.2, 0.25) is 5.91 Å². The molecule has 7 nitrogen and oxygen atoms in total. The molecule has 0 aliphatic carbocycles. The van der Waals surface area contributed by atoms with Gasteiger partial charge in [-0.1, -0.05) is 0 Å². The van der Waals surface area contributed by atoms with Gasteiger partial charge < -0.3 is 10.4 Å². The Morgan fingerprint density at radius 3 is 2.89 bits per heavy atom. The van der Waals surface area contributed by atoms with Gasteiger partial charge in [-0.05, 0) is 24.5 Å². The molecular weight excluding hydrogens is 270 g/mol. The number of aliphatic carboxylic acids is 1. The Balaban J connectivity index is 2.60. The minimum Gasteiger partial charge on any atom is -0.480 e. The maximum Gasteiger partial charge on any atom is 0.347 e. The van der Waals surface area contributed by atoms with Crippen molar-refractivity contribution in [2.75, 3.05) is 12.0 Å². The maximum absolute atomic E-state index is 11.7. The van der Waals surface area contributed by atoms with E-state index in [1.807, 2.05) is 6.26 Å². The van der Waals surface area contributed by atoms with Gasteiger partial charge in [0.15, 0.2) is 0 Å². The lowest BCUT2D eigenvalue weighted by Gasteiger charge is -2.14. The van der Waals surface area contributed by atoms with Crippen molar-refractivity contribution in [3.8, 4) is 0 Å². The zero-order chi connectivity index (χ0) is 14.3. The number of nitrogens with one attached hydrogen (secondary N) is 1. The summed E-state index contributed by atoms with van der Waals surface area (Å²) in [5.74, 6) is -0.978. The van der Waals surface area contributed by atoms with Crippen LogP contribution in [0.3, 0.4) is 0 Å². The number of thioether (sulfide) groups is 1. The third-order valence-corrected chi connectivity index (χ3v) is 2.98. The second-order valence-electron chi connectivity index (χ2n) is 3.77. The average molecular weight is 285 g/mol. The molecule has 1 amide bonds. The number of carboxylic acids is 1. The smallest absolute Gasteiger partial charge is 0.347 e.